The van der Waals surface area contributed by atoms with Crippen molar-refractivity contribution in [2.45, 2.75) is 13.0 Å². The molecule has 6 heteroatoms. The molecule has 0 aliphatic carbocycles. The van der Waals surface area contributed by atoms with E-state index in [-0.39, 0.29) is 6.04 Å². The fraction of sp³-hybridized carbons (Fsp3) is 0.600. The molecular formula is C15H24BrNO4. The average Bonchev–Trinajstić information content (AvgIpc) is 2.45. The van der Waals surface area contributed by atoms with Gasteiger partial charge in [0.25, 0.3) is 0 Å². The van der Waals surface area contributed by atoms with Crippen LogP contribution in [0.3, 0.4) is 0 Å². The van der Waals surface area contributed by atoms with E-state index in [4.69, 9.17) is 24.7 Å². The summed E-state index contributed by atoms with van der Waals surface area (Å²) in [6, 6.07) is 5.78. The molecule has 5 nitrogen and oxygen atoms in total. The van der Waals surface area contributed by atoms with Crippen LogP contribution in [0.2, 0.25) is 0 Å². The van der Waals surface area contributed by atoms with Crippen LogP contribution in [0.4, 0.5) is 0 Å². The number of ether oxygens (including phenoxy) is 4. The largest absolute Gasteiger partial charge is 0.491 e. The fourth-order valence-corrected chi connectivity index (χ4v) is 2.02. The van der Waals surface area contributed by atoms with Gasteiger partial charge >= 0.3 is 0 Å². The molecule has 2 N–H and O–H groups in total. The summed E-state index contributed by atoms with van der Waals surface area (Å²) >= 11 is 3.43. The lowest BCUT2D eigenvalue weighted by Crippen LogP contribution is -2.14. The van der Waals surface area contributed by atoms with Crippen LogP contribution >= 0.6 is 15.9 Å². The van der Waals surface area contributed by atoms with Gasteiger partial charge in [0.1, 0.15) is 12.4 Å². The Bertz CT molecular complexity index is 401. The van der Waals surface area contributed by atoms with Gasteiger partial charge in [0.05, 0.1) is 33.0 Å². The first-order valence-electron chi connectivity index (χ1n) is 6.97. The van der Waals surface area contributed by atoms with Crippen LogP contribution in [0, 0.1) is 0 Å². The summed E-state index contributed by atoms with van der Waals surface area (Å²) in [5.41, 5.74) is 6.91. The van der Waals surface area contributed by atoms with Crippen LogP contribution < -0.4 is 10.5 Å². The van der Waals surface area contributed by atoms with Gasteiger partial charge in [0.2, 0.25) is 0 Å². The molecule has 0 aliphatic heterocycles. The van der Waals surface area contributed by atoms with Gasteiger partial charge in [-0.3, -0.25) is 0 Å². The van der Waals surface area contributed by atoms with Crippen molar-refractivity contribution in [1.29, 1.82) is 0 Å². The standard InChI is InChI=1S/C15H24BrNO4/c1-12(17)14-4-3-13(16)11-15(14)21-10-9-20-8-7-19-6-5-18-2/h3-4,11-12H,5-10,17H2,1-2H3/t12-/m0/s1. The Kier molecular flexibility index (Phi) is 9.62. The van der Waals surface area contributed by atoms with E-state index in [1.807, 2.05) is 25.1 Å². The summed E-state index contributed by atoms with van der Waals surface area (Å²) in [5, 5.41) is 0. The van der Waals surface area contributed by atoms with Crippen molar-refractivity contribution in [1.82, 2.24) is 0 Å². The molecule has 0 heterocycles. The molecule has 0 aliphatic rings. The lowest BCUT2D eigenvalue weighted by Gasteiger charge is -2.14. The number of hydrogen-bond donors (Lipinski definition) is 1. The Morgan fingerprint density at radius 2 is 1.67 bits per heavy atom. The lowest BCUT2D eigenvalue weighted by molar-refractivity contribution is 0.0179. The Hall–Kier alpha value is -0.660. The molecule has 0 amide bonds. The molecule has 1 atom stereocenters. The zero-order valence-electron chi connectivity index (χ0n) is 12.6. The first-order chi connectivity index (χ1) is 10.1. The molecule has 0 aromatic heterocycles. The summed E-state index contributed by atoms with van der Waals surface area (Å²) in [5.74, 6) is 0.791. The number of halogens is 1. The third-order valence-corrected chi connectivity index (χ3v) is 3.25. The van der Waals surface area contributed by atoms with Gasteiger partial charge in [-0.15, -0.1) is 0 Å². The van der Waals surface area contributed by atoms with E-state index in [1.165, 1.54) is 0 Å². The summed E-state index contributed by atoms with van der Waals surface area (Å²) in [6.07, 6.45) is 0. The SMILES string of the molecule is COCCOCCOCCOc1cc(Br)ccc1[C@H](C)N. The van der Waals surface area contributed by atoms with Crippen LogP contribution in [-0.4, -0.2) is 46.8 Å². The highest BCUT2D eigenvalue weighted by atomic mass is 79.9. The van der Waals surface area contributed by atoms with Gasteiger partial charge in [-0.1, -0.05) is 22.0 Å². The molecule has 0 radical (unpaired) electrons. The van der Waals surface area contributed by atoms with Crippen molar-refractivity contribution in [2.75, 3.05) is 46.8 Å². The molecule has 1 rings (SSSR count). The van der Waals surface area contributed by atoms with Crippen molar-refractivity contribution >= 4 is 15.9 Å². The second-order valence-electron chi connectivity index (χ2n) is 4.54. The van der Waals surface area contributed by atoms with Gasteiger partial charge in [-0.05, 0) is 19.1 Å². The van der Waals surface area contributed by atoms with Crippen LogP contribution in [0.25, 0.3) is 0 Å². The van der Waals surface area contributed by atoms with Crippen molar-refractivity contribution < 1.29 is 18.9 Å². The van der Waals surface area contributed by atoms with Crippen LogP contribution in [0.5, 0.6) is 5.75 Å². The van der Waals surface area contributed by atoms with Crippen LogP contribution in [0.15, 0.2) is 22.7 Å². The zero-order valence-corrected chi connectivity index (χ0v) is 14.2. The van der Waals surface area contributed by atoms with Gasteiger partial charge in [0.15, 0.2) is 0 Å². The minimum absolute atomic E-state index is 0.0665. The summed E-state index contributed by atoms with van der Waals surface area (Å²) in [7, 11) is 1.65. The minimum Gasteiger partial charge on any atom is -0.491 e. The number of methoxy groups -OCH3 is 1. The molecule has 0 unspecified atom stereocenters. The summed E-state index contributed by atoms with van der Waals surface area (Å²) in [4.78, 5) is 0. The molecule has 0 saturated carbocycles. The second kappa shape index (κ2) is 11.0. The number of nitrogens with two attached hydrogens (primary N) is 1. The predicted octanol–water partition coefficient (Wildman–Crippen LogP) is 2.53. The monoisotopic (exact) mass is 361 g/mol. The topological polar surface area (TPSA) is 62.9 Å². The van der Waals surface area contributed by atoms with E-state index >= 15 is 0 Å². The zero-order chi connectivity index (χ0) is 15.5. The Balaban J connectivity index is 2.19. The van der Waals surface area contributed by atoms with E-state index in [9.17, 15) is 0 Å². The van der Waals surface area contributed by atoms with Crippen LogP contribution in [0.1, 0.15) is 18.5 Å². The number of hydrogen-bond acceptors (Lipinski definition) is 5. The third-order valence-electron chi connectivity index (χ3n) is 2.76. The molecule has 1 aromatic carbocycles. The molecule has 120 valence electrons. The highest BCUT2D eigenvalue weighted by molar-refractivity contribution is 9.10. The Labute approximate surface area is 134 Å². The number of benzene rings is 1. The molecule has 1 aromatic rings. The van der Waals surface area contributed by atoms with Crippen molar-refractivity contribution in [3.8, 4) is 5.75 Å². The first kappa shape index (κ1) is 18.4. The van der Waals surface area contributed by atoms with E-state index in [1.54, 1.807) is 7.11 Å². The predicted molar refractivity (Wildman–Crippen MR) is 85.8 cm³/mol. The molecular weight excluding hydrogens is 338 g/mol. The fourth-order valence-electron chi connectivity index (χ4n) is 1.68. The Morgan fingerprint density at radius 1 is 1.05 bits per heavy atom. The highest BCUT2D eigenvalue weighted by Crippen LogP contribution is 2.27. The normalized spacial score (nSPS) is 12.4. The molecule has 0 bridgehead atoms. The van der Waals surface area contributed by atoms with Gasteiger partial charge in [-0.2, -0.15) is 0 Å². The Morgan fingerprint density at radius 3 is 2.29 bits per heavy atom. The maximum Gasteiger partial charge on any atom is 0.125 e. The van der Waals surface area contributed by atoms with E-state index in [0.717, 1.165) is 15.8 Å². The van der Waals surface area contributed by atoms with E-state index < -0.39 is 0 Å². The third kappa shape index (κ3) is 7.78. The quantitative estimate of drug-likeness (QED) is 0.613. The summed E-state index contributed by atoms with van der Waals surface area (Å²) < 4.78 is 22.3. The first-order valence-corrected chi connectivity index (χ1v) is 7.76. The molecule has 0 saturated heterocycles. The van der Waals surface area contributed by atoms with Crippen molar-refractivity contribution in [3.05, 3.63) is 28.2 Å². The smallest absolute Gasteiger partial charge is 0.125 e. The number of rotatable bonds is 11. The average molecular weight is 362 g/mol. The van der Waals surface area contributed by atoms with E-state index in [0.29, 0.717) is 39.6 Å². The van der Waals surface area contributed by atoms with Gasteiger partial charge < -0.3 is 24.7 Å². The molecule has 0 fully saturated rings. The van der Waals surface area contributed by atoms with Crippen LogP contribution in [-0.2, 0) is 14.2 Å². The molecule has 0 spiro atoms. The van der Waals surface area contributed by atoms with E-state index in [2.05, 4.69) is 15.9 Å². The van der Waals surface area contributed by atoms with Gasteiger partial charge in [0, 0.05) is 23.2 Å². The maximum atomic E-state index is 5.92. The van der Waals surface area contributed by atoms with Crippen molar-refractivity contribution in [3.63, 3.8) is 0 Å². The van der Waals surface area contributed by atoms with Crippen molar-refractivity contribution in [2.24, 2.45) is 5.73 Å². The highest BCUT2D eigenvalue weighted by Gasteiger charge is 2.08. The van der Waals surface area contributed by atoms with Gasteiger partial charge in [-0.25, -0.2) is 0 Å². The summed E-state index contributed by atoms with van der Waals surface area (Å²) in [6.45, 7) is 5.23. The minimum atomic E-state index is -0.0665. The lowest BCUT2D eigenvalue weighted by atomic mass is 10.1. The maximum absolute atomic E-state index is 5.92. The second-order valence-corrected chi connectivity index (χ2v) is 5.45. The molecule has 21 heavy (non-hydrogen) atoms.